The van der Waals surface area contributed by atoms with Gasteiger partial charge in [-0.2, -0.15) is 0 Å². The van der Waals surface area contributed by atoms with Crippen molar-refractivity contribution < 1.29 is 9.59 Å². The van der Waals surface area contributed by atoms with Gasteiger partial charge in [0, 0.05) is 30.3 Å². The number of piperidine rings is 1. The molecule has 0 aromatic heterocycles. The highest BCUT2D eigenvalue weighted by molar-refractivity contribution is 5.97. The number of nitrogens with one attached hydrogen (secondary N) is 1. The smallest absolute Gasteiger partial charge is 0.253 e. The average molecular weight is 337 g/mol. The van der Waals surface area contributed by atoms with Crippen LogP contribution in [0, 0.1) is 5.92 Å². The lowest BCUT2D eigenvalue weighted by atomic mass is 10.0. The molecular formula is C18H25ClN2O2. The standard InChI is InChI=1S/C18H24N2O2.ClH/c1-13(21)15-4-6-16(7-5-15)18(22)20-10-8-17(9-11-20)19-12-14-2-3-14;/h4-7,14,17,19H,2-3,8-12H2,1H3;1H. The molecule has 0 unspecified atom stereocenters. The first-order chi connectivity index (χ1) is 10.6. The van der Waals surface area contributed by atoms with E-state index in [0.29, 0.717) is 17.2 Å². The van der Waals surface area contributed by atoms with Gasteiger partial charge in [-0.25, -0.2) is 0 Å². The van der Waals surface area contributed by atoms with Crippen molar-refractivity contribution in [3.8, 4) is 0 Å². The van der Waals surface area contributed by atoms with Crippen molar-refractivity contribution in [2.45, 2.75) is 38.6 Å². The van der Waals surface area contributed by atoms with Crippen LogP contribution < -0.4 is 5.32 Å². The lowest BCUT2D eigenvalue weighted by Crippen LogP contribution is -2.45. The summed E-state index contributed by atoms with van der Waals surface area (Å²) in [6, 6.07) is 7.55. The van der Waals surface area contributed by atoms with Gasteiger partial charge in [0.05, 0.1) is 0 Å². The molecule has 1 aliphatic carbocycles. The van der Waals surface area contributed by atoms with E-state index in [2.05, 4.69) is 5.32 Å². The number of benzene rings is 1. The van der Waals surface area contributed by atoms with Crippen LogP contribution in [0.5, 0.6) is 0 Å². The second-order valence-corrected chi connectivity index (χ2v) is 6.55. The van der Waals surface area contributed by atoms with Crippen LogP contribution in [0.25, 0.3) is 0 Å². The minimum absolute atomic E-state index is 0. The van der Waals surface area contributed by atoms with Crippen molar-refractivity contribution in [1.82, 2.24) is 10.2 Å². The molecule has 5 heteroatoms. The predicted molar refractivity (Wildman–Crippen MR) is 93.3 cm³/mol. The highest BCUT2D eigenvalue weighted by Gasteiger charge is 2.26. The molecule has 126 valence electrons. The highest BCUT2D eigenvalue weighted by atomic mass is 35.5. The summed E-state index contributed by atoms with van der Waals surface area (Å²) in [5, 5.41) is 3.63. The van der Waals surface area contributed by atoms with Crippen LogP contribution in [0.15, 0.2) is 24.3 Å². The number of halogens is 1. The molecule has 2 aliphatic rings. The van der Waals surface area contributed by atoms with Crippen molar-refractivity contribution in [2.75, 3.05) is 19.6 Å². The molecule has 4 nitrogen and oxygen atoms in total. The zero-order valence-electron chi connectivity index (χ0n) is 13.6. The van der Waals surface area contributed by atoms with Crippen LogP contribution in [0.3, 0.4) is 0 Å². The molecule has 3 rings (SSSR count). The maximum atomic E-state index is 12.5. The molecule has 1 saturated heterocycles. The Labute approximate surface area is 144 Å². The van der Waals surface area contributed by atoms with Crippen molar-refractivity contribution in [3.05, 3.63) is 35.4 Å². The third-order valence-electron chi connectivity index (χ3n) is 4.71. The lowest BCUT2D eigenvalue weighted by Gasteiger charge is -2.32. The van der Waals surface area contributed by atoms with E-state index in [0.717, 1.165) is 38.4 Å². The average Bonchev–Trinajstić information content (AvgIpc) is 3.37. The number of Topliss-reactive ketones (excluding diaryl/α,β-unsaturated/α-hetero) is 1. The molecule has 0 spiro atoms. The molecule has 23 heavy (non-hydrogen) atoms. The van der Waals surface area contributed by atoms with Gasteiger partial charge in [0.15, 0.2) is 5.78 Å². The quantitative estimate of drug-likeness (QED) is 0.841. The Morgan fingerprint density at radius 1 is 1.04 bits per heavy atom. The molecule has 1 N–H and O–H groups in total. The summed E-state index contributed by atoms with van der Waals surface area (Å²) >= 11 is 0. The Balaban J connectivity index is 0.00000192. The van der Waals surface area contributed by atoms with Crippen LogP contribution >= 0.6 is 12.4 Å². The molecule has 0 radical (unpaired) electrons. The third-order valence-corrected chi connectivity index (χ3v) is 4.71. The number of likely N-dealkylation sites (tertiary alicyclic amines) is 1. The van der Waals surface area contributed by atoms with Gasteiger partial charge in [0.2, 0.25) is 0 Å². The highest BCUT2D eigenvalue weighted by Crippen LogP contribution is 2.28. The van der Waals surface area contributed by atoms with Crippen LogP contribution in [0.1, 0.15) is 53.3 Å². The molecule has 1 heterocycles. The predicted octanol–water partition coefficient (Wildman–Crippen LogP) is 2.92. The SMILES string of the molecule is CC(=O)c1ccc(C(=O)N2CCC(NCC3CC3)CC2)cc1.Cl. The van der Waals surface area contributed by atoms with Crippen LogP contribution in [0.2, 0.25) is 0 Å². The monoisotopic (exact) mass is 336 g/mol. The number of carbonyl (C=O) groups excluding carboxylic acids is 2. The van der Waals surface area contributed by atoms with E-state index in [4.69, 9.17) is 0 Å². The molecule has 0 atom stereocenters. The first-order valence-electron chi connectivity index (χ1n) is 8.27. The molecular weight excluding hydrogens is 312 g/mol. The summed E-state index contributed by atoms with van der Waals surface area (Å²) in [4.78, 5) is 25.7. The summed E-state index contributed by atoms with van der Waals surface area (Å²) < 4.78 is 0. The summed E-state index contributed by atoms with van der Waals surface area (Å²) in [5.74, 6) is 1.01. The van der Waals surface area contributed by atoms with E-state index < -0.39 is 0 Å². The first kappa shape index (κ1) is 18.0. The van der Waals surface area contributed by atoms with Crippen LogP contribution in [-0.4, -0.2) is 42.3 Å². The molecule has 1 aliphatic heterocycles. The number of nitrogens with zero attached hydrogens (tertiary/aromatic N) is 1. The van der Waals surface area contributed by atoms with Crippen molar-refractivity contribution in [2.24, 2.45) is 5.92 Å². The number of rotatable bonds is 5. The van der Waals surface area contributed by atoms with Gasteiger partial charge in [0.1, 0.15) is 0 Å². The third kappa shape index (κ3) is 4.79. The Bertz CT molecular complexity index is 547. The second kappa shape index (κ2) is 7.93. The maximum Gasteiger partial charge on any atom is 0.253 e. The minimum Gasteiger partial charge on any atom is -0.339 e. The van der Waals surface area contributed by atoms with E-state index >= 15 is 0 Å². The lowest BCUT2D eigenvalue weighted by molar-refractivity contribution is 0.0704. The largest absolute Gasteiger partial charge is 0.339 e. The number of hydrogen-bond acceptors (Lipinski definition) is 3. The fraction of sp³-hybridized carbons (Fsp3) is 0.556. The van der Waals surface area contributed by atoms with Crippen molar-refractivity contribution in [3.63, 3.8) is 0 Å². The fourth-order valence-electron chi connectivity index (χ4n) is 2.97. The summed E-state index contributed by atoms with van der Waals surface area (Å²) in [6.45, 7) is 4.31. The molecule has 0 bridgehead atoms. The molecule has 1 amide bonds. The Morgan fingerprint density at radius 3 is 2.13 bits per heavy atom. The molecule has 1 saturated carbocycles. The molecule has 1 aromatic carbocycles. The van der Waals surface area contributed by atoms with E-state index in [9.17, 15) is 9.59 Å². The summed E-state index contributed by atoms with van der Waals surface area (Å²) in [5.41, 5.74) is 1.33. The van der Waals surface area contributed by atoms with E-state index in [1.807, 2.05) is 4.90 Å². The first-order valence-corrected chi connectivity index (χ1v) is 8.27. The molecule has 2 fully saturated rings. The van der Waals surface area contributed by atoms with Gasteiger partial charge < -0.3 is 10.2 Å². The number of ketones is 1. The number of hydrogen-bond donors (Lipinski definition) is 1. The van der Waals surface area contributed by atoms with Gasteiger partial charge in [-0.3, -0.25) is 9.59 Å². The van der Waals surface area contributed by atoms with Gasteiger partial charge in [-0.05, 0) is 57.2 Å². The van der Waals surface area contributed by atoms with E-state index in [-0.39, 0.29) is 24.1 Å². The van der Waals surface area contributed by atoms with Gasteiger partial charge >= 0.3 is 0 Å². The topological polar surface area (TPSA) is 49.4 Å². The van der Waals surface area contributed by atoms with Gasteiger partial charge in [-0.1, -0.05) is 12.1 Å². The summed E-state index contributed by atoms with van der Waals surface area (Å²) in [6.07, 6.45) is 4.81. The van der Waals surface area contributed by atoms with Gasteiger partial charge in [-0.15, -0.1) is 12.4 Å². The fourth-order valence-corrected chi connectivity index (χ4v) is 2.97. The number of amides is 1. The Morgan fingerprint density at radius 2 is 1.61 bits per heavy atom. The van der Waals surface area contributed by atoms with Crippen molar-refractivity contribution in [1.29, 1.82) is 0 Å². The summed E-state index contributed by atoms with van der Waals surface area (Å²) in [7, 11) is 0. The van der Waals surface area contributed by atoms with Crippen LogP contribution in [-0.2, 0) is 0 Å². The zero-order chi connectivity index (χ0) is 15.5. The normalized spacial score (nSPS) is 18.4. The van der Waals surface area contributed by atoms with Gasteiger partial charge in [0.25, 0.3) is 5.91 Å². The Kier molecular flexibility index (Phi) is 6.19. The van der Waals surface area contributed by atoms with E-state index in [1.54, 1.807) is 24.3 Å². The minimum atomic E-state index is 0. The van der Waals surface area contributed by atoms with Crippen molar-refractivity contribution >= 4 is 24.1 Å². The number of carbonyl (C=O) groups is 2. The zero-order valence-corrected chi connectivity index (χ0v) is 14.4. The van der Waals surface area contributed by atoms with Crippen LogP contribution in [0.4, 0.5) is 0 Å². The van der Waals surface area contributed by atoms with E-state index in [1.165, 1.54) is 19.8 Å². The maximum absolute atomic E-state index is 12.5. The Hall–Kier alpha value is -1.39. The molecule has 1 aromatic rings. The second-order valence-electron chi connectivity index (χ2n) is 6.55.